The monoisotopic (exact) mass is 430 g/mol. The zero-order valence-corrected chi connectivity index (χ0v) is 14.4. The number of fused-ring (bicyclic) bond motifs is 3. The highest BCUT2D eigenvalue weighted by Crippen LogP contribution is 2.16. The number of rotatable bonds is 2. The molecule has 0 spiro atoms. The van der Waals surface area contributed by atoms with Gasteiger partial charge < -0.3 is 10.3 Å². The molecule has 2 aromatic carbocycles. The van der Waals surface area contributed by atoms with Gasteiger partial charge in [0.2, 0.25) is 0 Å². The Morgan fingerprint density at radius 3 is 2.67 bits per heavy atom. The van der Waals surface area contributed by atoms with Gasteiger partial charge in [-0.05, 0) is 59.0 Å². The summed E-state index contributed by atoms with van der Waals surface area (Å²) in [5, 5.41) is 7.59. The molecular weight excluding hydrogens is 419 g/mol. The number of nitrogens with one attached hydrogen (secondary N) is 2. The van der Waals surface area contributed by atoms with Crippen LogP contribution in [0.1, 0.15) is 10.4 Å². The summed E-state index contributed by atoms with van der Waals surface area (Å²) in [5.74, 6) is -0.322. The van der Waals surface area contributed by atoms with E-state index in [2.05, 4.69) is 38.0 Å². The summed E-state index contributed by atoms with van der Waals surface area (Å²) < 4.78 is 2.65. The first-order valence-corrected chi connectivity index (χ1v) is 8.27. The lowest BCUT2D eigenvalue weighted by Crippen LogP contribution is -2.15. The van der Waals surface area contributed by atoms with Crippen LogP contribution in [0.3, 0.4) is 0 Å². The van der Waals surface area contributed by atoms with Gasteiger partial charge in [-0.2, -0.15) is 5.10 Å². The summed E-state index contributed by atoms with van der Waals surface area (Å²) in [5.41, 5.74) is 1.78. The Morgan fingerprint density at radius 2 is 1.88 bits per heavy atom. The summed E-state index contributed by atoms with van der Waals surface area (Å²) >= 11 is 2.20. The van der Waals surface area contributed by atoms with Crippen molar-refractivity contribution in [3.05, 3.63) is 74.2 Å². The van der Waals surface area contributed by atoms with Crippen molar-refractivity contribution in [1.82, 2.24) is 14.6 Å². The zero-order chi connectivity index (χ0) is 16.7. The smallest absolute Gasteiger partial charge is 0.261 e. The summed E-state index contributed by atoms with van der Waals surface area (Å²) in [6.45, 7) is 0. The zero-order valence-electron chi connectivity index (χ0n) is 12.3. The molecule has 7 heteroatoms. The van der Waals surface area contributed by atoms with Gasteiger partial charge in [-0.15, -0.1) is 0 Å². The predicted octanol–water partition coefficient (Wildman–Crippen LogP) is 3.03. The third kappa shape index (κ3) is 2.46. The largest absolute Gasteiger partial charge is 0.322 e. The van der Waals surface area contributed by atoms with Crippen LogP contribution < -0.4 is 10.9 Å². The lowest BCUT2D eigenvalue weighted by molar-refractivity contribution is 0.102. The van der Waals surface area contributed by atoms with Crippen LogP contribution in [-0.2, 0) is 0 Å². The Bertz CT molecular complexity index is 1130. The van der Waals surface area contributed by atoms with Gasteiger partial charge in [0.15, 0.2) is 0 Å². The molecule has 2 heterocycles. The van der Waals surface area contributed by atoms with E-state index >= 15 is 0 Å². The molecule has 2 N–H and O–H groups in total. The molecule has 0 unspecified atom stereocenters. The van der Waals surface area contributed by atoms with Crippen molar-refractivity contribution in [2.24, 2.45) is 0 Å². The molecule has 118 valence electrons. The number of nitrogens with zero attached hydrogens (tertiary/aromatic N) is 2. The van der Waals surface area contributed by atoms with Gasteiger partial charge in [-0.25, -0.2) is 4.52 Å². The molecule has 0 saturated carbocycles. The molecule has 0 atom stereocenters. The maximum absolute atomic E-state index is 12.5. The molecule has 4 aromatic rings. The van der Waals surface area contributed by atoms with Crippen LogP contribution in [0.4, 0.5) is 5.69 Å². The number of carbonyl (C=O) groups is 1. The van der Waals surface area contributed by atoms with E-state index in [0.717, 1.165) is 3.57 Å². The van der Waals surface area contributed by atoms with Crippen molar-refractivity contribution in [3.63, 3.8) is 0 Å². The minimum Gasteiger partial charge on any atom is -0.322 e. The number of amides is 1. The quantitative estimate of drug-likeness (QED) is 0.480. The Hall–Kier alpha value is -2.68. The molecule has 0 aliphatic heterocycles. The molecule has 0 bridgehead atoms. The van der Waals surface area contributed by atoms with Gasteiger partial charge in [0.1, 0.15) is 11.2 Å². The van der Waals surface area contributed by atoms with E-state index < -0.39 is 0 Å². The van der Waals surface area contributed by atoms with E-state index in [9.17, 15) is 9.59 Å². The average Bonchev–Trinajstić information content (AvgIpc) is 3.01. The van der Waals surface area contributed by atoms with Crippen molar-refractivity contribution in [2.45, 2.75) is 0 Å². The first kappa shape index (κ1) is 14.9. The number of halogens is 1. The second-order valence-corrected chi connectivity index (χ2v) is 6.50. The highest BCUT2D eigenvalue weighted by atomic mass is 127. The first-order valence-electron chi connectivity index (χ1n) is 7.19. The number of carbonyl (C=O) groups excluding carboxylic acids is 1. The fourth-order valence-electron chi connectivity index (χ4n) is 2.57. The molecular formula is C17H11IN4O2. The third-order valence-electron chi connectivity index (χ3n) is 3.72. The molecule has 6 nitrogen and oxygen atoms in total. The number of anilines is 1. The van der Waals surface area contributed by atoms with Crippen LogP contribution in [-0.4, -0.2) is 20.5 Å². The van der Waals surface area contributed by atoms with Crippen molar-refractivity contribution in [2.75, 3.05) is 5.32 Å². The van der Waals surface area contributed by atoms with E-state index in [0.29, 0.717) is 27.8 Å². The topological polar surface area (TPSA) is 79.3 Å². The van der Waals surface area contributed by atoms with E-state index in [1.807, 2.05) is 30.3 Å². The molecule has 4 rings (SSSR count). The molecule has 2 aromatic heterocycles. The second kappa shape index (κ2) is 5.75. The van der Waals surface area contributed by atoms with Gasteiger partial charge in [0.05, 0.1) is 17.1 Å². The van der Waals surface area contributed by atoms with Crippen molar-refractivity contribution < 1.29 is 4.79 Å². The SMILES string of the molecule is O=C(Nc1ccc(I)cc1)c1cnn2c1[nH]c(=O)c1ccccc12. The fourth-order valence-corrected chi connectivity index (χ4v) is 2.93. The number of para-hydroxylation sites is 1. The number of aromatic nitrogens is 3. The maximum atomic E-state index is 12.5. The maximum Gasteiger partial charge on any atom is 0.261 e. The normalized spacial score (nSPS) is 11.0. The van der Waals surface area contributed by atoms with Crippen LogP contribution >= 0.6 is 22.6 Å². The number of hydrogen-bond donors (Lipinski definition) is 2. The number of hydrogen-bond acceptors (Lipinski definition) is 3. The van der Waals surface area contributed by atoms with Gasteiger partial charge >= 0.3 is 0 Å². The summed E-state index contributed by atoms with van der Waals surface area (Å²) in [7, 11) is 0. The highest BCUT2D eigenvalue weighted by molar-refractivity contribution is 14.1. The Balaban J connectivity index is 1.81. The number of aromatic amines is 1. The minimum absolute atomic E-state index is 0.248. The number of H-pyrrole nitrogens is 1. The van der Waals surface area contributed by atoms with E-state index in [-0.39, 0.29) is 11.5 Å². The Labute approximate surface area is 149 Å². The van der Waals surface area contributed by atoms with Crippen LogP contribution in [0.5, 0.6) is 0 Å². The molecule has 24 heavy (non-hydrogen) atoms. The van der Waals surface area contributed by atoms with Gasteiger partial charge in [-0.3, -0.25) is 9.59 Å². The number of benzene rings is 2. The van der Waals surface area contributed by atoms with Crippen molar-refractivity contribution in [3.8, 4) is 0 Å². The summed E-state index contributed by atoms with van der Waals surface area (Å²) in [6.07, 6.45) is 1.46. The van der Waals surface area contributed by atoms with E-state index in [4.69, 9.17) is 0 Å². The molecule has 1 amide bonds. The van der Waals surface area contributed by atoms with Gasteiger partial charge in [0.25, 0.3) is 11.5 Å². The Kier molecular flexibility index (Phi) is 3.57. The van der Waals surface area contributed by atoms with Crippen LogP contribution in [0.15, 0.2) is 59.5 Å². The van der Waals surface area contributed by atoms with Crippen LogP contribution in [0.2, 0.25) is 0 Å². The average molecular weight is 430 g/mol. The molecule has 0 aliphatic rings. The van der Waals surface area contributed by atoms with E-state index in [1.165, 1.54) is 6.20 Å². The first-order chi connectivity index (χ1) is 11.6. The summed E-state index contributed by atoms with van der Waals surface area (Å²) in [6, 6.07) is 14.6. The van der Waals surface area contributed by atoms with Gasteiger partial charge in [0, 0.05) is 9.26 Å². The second-order valence-electron chi connectivity index (χ2n) is 5.25. The Morgan fingerprint density at radius 1 is 1.12 bits per heavy atom. The lowest BCUT2D eigenvalue weighted by Gasteiger charge is -2.05. The fraction of sp³-hybridized carbons (Fsp3) is 0. The van der Waals surface area contributed by atoms with Crippen LogP contribution in [0, 0.1) is 3.57 Å². The highest BCUT2D eigenvalue weighted by Gasteiger charge is 2.16. The van der Waals surface area contributed by atoms with Crippen molar-refractivity contribution in [1.29, 1.82) is 0 Å². The third-order valence-corrected chi connectivity index (χ3v) is 4.44. The minimum atomic E-state index is -0.322. The molecule has 0 radical (unpaired) electrons. The molecule has 0 saturated heterocycles. The molecule has 0 fully saturated rings. The van der Waals surface area contributed by atoms with E-state index in [1.54, 1.807) is 22.7 Å². The van der Waals surface area contributed by atoms with Gasteiger partial charge in [-0.1, -0.05) is 12.1 Å². The van der Waals surface area contributed by atoms with Crippen LogP contribution in [0.25, 0.3) is 16.6 Å². The molecule has 0 aliphatic carbocycles. The summed E-state index contributed by atoms with van der Waals surface area (Å²) in [4.78, 5) is 27.5. The standard InChI is InChI=1S/C17H11IN4O2/c18-10-5-7-11(8-6-10)20-17(24)13-9-19-22-14-4-2-1-3-12(14)16(23)21-15(13)22/h1-9H,(H,20,24)(H,21,23). The lowest BCUT2D eigenvalue weighted by atomic mass is 10.2. The predicted molar refractivity (Wildman–Crippen MR) is 100 cm³/mol. The van der Waals surface area contributed by atoms with Crippen molar-refractivity contribution >= 4 is 50.7 Å².